The summed E-state index contributed by atoms with van der Waals surface area (Å²) in [5.41, 5.74) is 0. The van der Waals surface area contributed by atoms with Gasteiger partial charge in [0.1, 0.15) is 0 Å². The minimum Gasteiger partial charge on any atom is -0.731 e. The normalized spacial score (nSPS) is 5.56. The zero-order chi connectivity index (χ0) is 7.15. The van der Waals surface area contributed by atoms with Crippen LogP contribution in [0.5, 0.6) is 0 Å². The summed E-state index contributed by atoms with van der Waals surface area (Å²) < 4.78 is -1.11. The monoisotopic (exact) mass is 249 g/mol. The molecule has 1 radical (unpaired) electrons. The molecule has 0 rings (SSSR count). The predicted octanol–water partition coefficient (Wildman–Crippen LogP) is 1.16. The summed E-state index contributed by atoms with van der Waals surface area (Å²) in [6, 6.07) is 0. The minimum atomic E-state index is -0.556. The van der Waals surface area contributed by atoms with Crippen molar-refractivity contribution in [3.8, 4) is 0 Å². The fourth-order valence-corrected chi connectivity index (χ4v) is 0. The molecule has 0 aliphatic heterocycles. The van der Waals surface area contributed by atoms with Crippen LogP contribution in [-0.4, -0.2) is 8.89 Å². The van der Waals surface area contributed by atoms with Crippen molar-refractivity contribution in [2.24, 2.45) is 0 Å². The molecule has 0 aliphatic carbocycles. The van der Waals surface area contributed by atoms with Crippen LogP contribution in [0, 0.1) is 0 Å². The zero-order valence-electron chi connectivity index (χ0n) is 3.83. The van der Waals surface area contributed by atoms with Gasteiger partial charge in [-0.1, -0.05) is 0 Å². The number of carbonyl (C=O) groups is 2. The minimum absolute atomic E-state index is 0. The van der Waals surface area contributed by atoms with Crippen molar-refractivity contribution in [3.63, 3.8) is 0 Å². The Labute approximate surface area is 85.6 Å². The van der Waals surface area contributed by atoms with E-state index in [4.69, 9.17) is 9.59 Å². The molecule has 0 bridgehead atoms. The van der Waals surface area contributed by atoms with Crippen molar-refractivity contribution in [2.75, 3.05) is 0 Å². The Bertz CT molecular complexity index is 74.6. The standard InChI is InChI=1S/2CH2OS2.Cu/c2*2-1(3)4;/h2*(H2,2,3,4);/q;;+2/p-2. The third kappa shape index (κ3) is 441. The van der Waals surface area contributed by atoms with Crippen molar-refractivity contribution in [1.29, 1.82) is 0 Å². The molecule has 0 aliphatic rings. The van der Waals surface area contributed by atoms with Gasteiger partial charge in [0.05, 0.1) is 8.89 Å². The third-order valence-corrected chi connectivity index (χ3v) is 0. The second-order valence-corrected chi connectivity index (χ2v) is 2.69. The summed E-state index contributed by atoms with van der Waals surface area (Å²) in [6.45, 7) is 0. The van der Waals surface area contributed by atoms with Gasteiger partial charge in [0.2, 0.25) is 0 Å². The molecule has 2 nitrogen and oxygen atoms in total. The first-order valence-corrected chi connectivity index (χ1v) is 2.97. The molecule has 0 unspecified atom stereocenters. The van der Waals surface area contributed by atoms with E-state index in [1.807, 2.05) is 0 Å². The van der Waals surface area contributed by atoms with E-state index in [0.717, 1.165) is 0 Å². The quantitative estimate of drug-likeness (QED) is 0.384. The van der Waals surface area contributed by atoms with Gasteiger partial charge in [0.25, 0.3) is 0 Å². The Kier molecular flexibility index (Phi) is 21.6. The van der Waals surface area contributed by atoms with E-state index in [0.29, 0.717) is 0 Å². The molecule has 57 valence electrons. The van der Waals surface area contributed by atoms with Gasteiger partial charge >= 0.3 is 17.1 Å². The summed E-state index contributed by atoms with van der Waals surface area (Å²) in [7, 11) is 0. The smallest absolute Gasteiger partial charge is 0.731 e. The van der Waals surface area contributed by atoms with Crippen molar-refractivity contribution in [2.45, 2.75) is 0 Å². The first-order valence-electron chi connectivity index (χ1n) is 1.26. The summed E-state index contributed by atoms with van der Waals surface area (Å²) in [4.78, 5) is 18.2. The van der Waals surface area contributed by atoms with Gasteiger partial charge in [-0.05, 0) is 0 Å². The van der Waals surface area contributed by atoms with Crippen LogP contribution < -0.4 is 0 Å². The van der Waals surface area contributed by atoms with Gasteiger partial charge in [0, 0.05) is 0 Å². The second kappa shape index (κ2) is 11.8. The molecule has 0 atom stereocenters. The molecule has 0 aromatic heterocycles. The predicted molar refractivity (Wildman–Crippen MR) is 43.5 cm³/mol. The first kappa shape index (κ1) is 16.5. The second-order valence-electron chi connectivity index (χ2n) is 0.532. The molecule has 0 N–H and O–H groups in total. The molecule has 0 amide bonds. The SMILES string of the molecule is O=C([S-])S.O=C([S-])S.[Cu+2]. The van der Waals surface area contributed by atoms with Crippen LogP contribution in [-0.2, 0) is 42.3 Å². The van der Waals surface area contributed by atoms with E-state index in [1.54, 1.807) is 0 Å². The van der Waals surface area contributed by atoms with Crippen LogP contribution in [0.25, 0.3) is 0 Å². The van der Waals surface area contributed by atoms with Gasteiger partial charge < -0.3 is 34.8 Å². The number of hydrogen-bond acceptors (Lipinski definition) is 4. The van der Waals surface area contributed by atoms with E-state index in [1.165, 1.54) is 0 Å². The van der Waals surface area contributed by atoms with Crippen LogP contribution in [0.15, 0.2) is 0 Å². The van der Waals surface area contributed by atoms with Crippen LogP contribution in [0.4, 0.5) is 9.59 Å². The van der Waals surface area contributed by atoms with E-state index >= 15 is 0 Å². The van der Waals surface area contributed by atoms with E-state index in [2.05, 4.69) is 50.5 Å². The Morgan fingerprint density at radius 3 is 1.00 bits per heavy atom. The van der Waals surface area contributed by atoms with Gasteiger partial charge in [-0.15, -0.1) is 25.3 Å². The molecular formula is C2H2CuO2S4. The van der Waals surface area contributed by atoms with E-state index in [9.17, 15) is 0 Å². The first-order chi connectivity index (χ1) is 3.46. The summed E-state index contributed by atoms with van der Waals surface area (Å²) >= 11 is 14.0. The Balaban J connectivity index is -0.0000000720. The van der Waals surface area contributed by atoms with Gasteiger partial charge in [0.15, 0.2) is 0 Å². The van der Waals surface area contributed by atoms with Gasteiger partial charge in [-0.25, -0.2) is 0 Å². The Morgan fingerprint density at radius 1 is 1.00 bits per heavy atom. The molecule has 0 fully saturated rings. The summed E-state index contributed by atoms with van der Waals surface area (Å²) in [5.74, 6) is 0. The maximum absolute atomic E-state index is 9.12. The van der Waals surface area contributed by atoms with Crippen molar-refractivity contribution >= 4 is 59.4 Å². The molecule has 7 heteroatoms. The molecule has 0 saturated heterocycles. The molecular weight excluding hydrogens is 248 g/mol. The topological polar surface area (TPSA) is 34.1 Å². The summed E-state index contributed by atoms with van der Waals surface area (Å²) in [5, 5.41) is 0. The molecule has 0 aromatic rings. The molecule has 0 spiro atoms. The molecule has 9 heavy (non-hydrogen) atoms. The number of rotatable bonds is 0. The zero-order valence-corrected chi connectivity index (χ0v) is 8.19. The van der Waals surface area contributed by atoms with Crippen molar-refractivity contribution in [1.82, 2.24) is 0 Å². The molecule has 0 aromatic carbocycles. The van der Waals surface area contributed by atoms with Crippen molar-refractivity contribution in [3.05, 3.63) is 0 Å². The Morgan fingerprint density at radius 2 is 1.00 bits per heavy atom. The summed E-state index contributed by atoms with van der Waals surface area (Å²) in [6.07, 6.45) is 0. The number of thiol groups is 2. The van der Waals surface area contributed by atoms with Crippen LogP contribution in [0.3, 0.4) is 0 Å². The Hall–Kier alpha value is 0.999. The van der Waals surface area contributed by atoms with Crippen LogP contribution >= 0.6 is 25.3 Å². The van der Waals surface area contributed by atoms with Gasteiger partial charge in [-0.2, -0.15) is 0 Å². The van der Waals surface area contributed by atoms with Crippen molar-refractivity contribution < 1.29 is 26.7 Å². The number of hydrogen-bond donors (Lipinski definition) is 2. The van der Waals surface area contributed by atoms with Crippen LogP contribution in [0.2, 0.25) is 0 Å². The van der Waals surface area contributed by atoms with Gasteiger partial charge in [-0.3, -0.25) is 0 Å². The average molecular weight is 250 g/mol. The molecule has 0 saturated carbocycles. The largest absolute Gasteiger partial charge is 2.00 e. The average Bonchev–Trinajstić information content (AvgIpc) is 1.25. The fraction of sp³-hybridized carbons (Fsp3) is 0. The third-order valence-electron chi connectivity index (χ3n) is 0. The molecule has 0 heterocycles. The van der Waals surface area contributed by atoms with Crippen LogP contribution in [0.1, 0.15) is 0 Å². The fourth-order valence-electron chi connectivity index (χ4n) is 0. The van der Waals surface area contributed by atoms with E-state index in [-0.39, 0.29) is 17.1 Å². The van der Waals surface area contributed by atoms with E-state index < -0.39 is 8.89 Å². The maximum atomic E-state index is 9.12. The number of carbonyl (C=O) groups excluding carboxylic acids is 2. The maximum Gasteiger partial charge on any atom is 2.00 e.